The molecule has 1 N–H and O–H groups in total. The summed E-state index contributed by atoms with van der Waals surface area (Å²) in [7, 11) is 0. The van der Waals surface area contributed by atoms with Crippen LogP contribution < -0.4 is 14.2 Å². The lowest BCUT2D eigenvalue weighted by Gasteiger charge is -2.13. The predicted octanol–water partition coefficient (Wildman–Crippen LogP) is 4.77. The van der Waals surface area contributed by atoms with Gasteiger partial charge in [-0.15, -0.1) is 0 Å². The molecule has 0 amide bonds. The molecule has 156 valence electrons. The highest BCUT2D eigenvalue weighted by molar-refractivity contribution is 5.99. The van der Waals surface area contributed by atoms with Crippen molar-refractivity contribution in [1.29, 1.82) is 0 Å². The van der Waals surface area contributed by atoms with E-state index in [1.807, 2.05) is 19.9 Å². The second-order valence-corrected chi connectivity index (χ2v) is 6.76. The zero-order chi connectivity index (χ0) is 21.2. The zero-order valence-electron chi connectivity index (χ0n) is 17.2. The molecule has 0 fully saturated rings. The third-order valence-corrected chi connectivity index (χ3v) is 4.62. The highest BCUT2D eigenvalue weighted by atomic mass is 16.5. The Morgan fingerprint density at radius 1 is 0.966 bits per heavy atom. The molecule has 0 spiro atoms. The maximum atomic E-state index is 12.0. The first kappa shape index (κ1) is 22.3. The van der Waals surface area contributed by atoms with E-state index in [1.165, 1.54) is 0 Å². The van der Waals surface area contributed by atoms with Gasteiger partial charge < -0.3 is 19.3 Å². The topological polar surface area (TPSA) is 82.1 Å². The number of phenolic OH excluding ortho intramolecular Hbond substituents is 1. The number of benzene rings is 2. The van der Waals surface area contributed by atoms with Crippen molar-refractivity contribution in [3.63, 3.8) is 0 Å². The number of Topliss-reactive ketones (excluding diaryl/α,β-unsaturated/α-hetero) is 1. The Bertz CT molecular complexity index is 844. The zero-order valence-corrected chi connectivity index (χ0v) is 17.2. The maximum Gasteiger partial charge on any atom is 0.298 e. The fourth-order valence-electron chi connectivity index (χ4n) is 2.92. The summed E-state index contributed by atoms with van der Waals surface area (Å²) >= 11 is 0. The Kier molecular flexibility index (Phi) is 8.52. The number of hydrogen-bond donors (Lipinski definition) is 1. The third kappa shape index (κ3) is 5.98. The Hall–Kier alpha value is -3.02. The van der Waals surface area contributed by atoms with Crippen LogP contribution in [-0.2, 0) is 4.79 Å². The van der Waals surface area contributed by atoms with E-state index in [0.717, 1.165) is 24.8 Å². The molecule has 2 aromatic rings. The van der Waals surface area contributed by atoms with E-state index < -0.39 is 0 Å². The van der Waals surface area contributed by atoms with Crippen LogP contribution in [0.25, 0.3) is 0 Å². The van der Waals surface area contributed by atoms with E-state index in [9.17, 15) is 14.7 Å². The monoisotopic (exact) mass is 400 g/mol. The van der Waals surface area contributed by atoms with Crippen molar-refractivity contribution in [2.24, 2.45) is 0 Å². The van der Waals surface area contributed by atoms with E-state index >= 15 is 0 Å². The van der Waals surface area contributed by atoms with Crippen molar-refractivity contribution in [3.05, 3.63) is 47.0 Å². The number of unbranched alkanes of at least 4 members (excludes halogenated alkanes) is 1. The van der Waals surface area contributed by atoms with Crippen LogP contribution in [-0.4, -0.2) is 30.6 Å². The highest BCUT2D eigenvalue weighted by Crippen LogP contribution is 2.31. The van der Waals surface area contributed by atoms with Crippen molar-refractivity contribution < 1.29 is 28.9 Å². The molecular formula is C23H28O6. The predicted molar refractivity (Wildman–Crippen MR) is 110 cm³/mol. The van der Waals surface area contributed by atoms with E-state index in [2.05, 4.69) is 0 Å². The smallest absolute Gasteiger partial charge is 0.298 e. The Morgan fingerprint density at radius 3 is 2.21 bits per heavy atom. The molecule has 6 nitrogen and oxygen atoms in total. The van der Waals surface area contributed by atoms with E-state index in [-0.39, 0.29) is 11.5 Å². The summed E-state index contributed by atoms with van der Waals surface area (Å²) < 4.78 is 16.4. The van der Waals surface area contributed by atoms with Crippen molar-refractivity contribution in [1.82, 2.24) is 0 Å². The van der Waals surface area contributed by atoms with Gasteiger partial charge in [-0.2, -0.15) is 0 Å². The highest BCUT2D eigenvalue weighted by Gasteiger charge is 2.15. The molecule has 29 heavy (non-hydrogen) atoms. The van der Waals surface area contributed by atoms with Gasteiger partial charge in [-0.3, -0.25) is 9.59 Å². The first-order valence-corrected chi connectivity index (χ1v) is 9.80. The molecule has 2 rings (SSSR count). The molecule has 0 saturated carbocycles. The van der Waals surface area contributed by atoms with Crippen LogP contribution >= 0.6 is 0 Å². The average Bonchev–Trinajstić information content (AvgIpc) is 2.70. The Labute approximate surface area is 171 Å². The molecule has 0 unspecified atom stereocenters. The molecular weight excluding hydrogens is 372 g/mol. The molecule has 0 radical (unpaired) electrons. The van der Waals surface area contributed by atoms with Crippen LogP contribution in [0.3, 0.4) is 0 Å². The van der Waals surface area contributed by atoms with Gasteiger partial charge in [0, 0.05) is 17.5 Å². The molecule has 0 heterocycles. The normalized spacial score (nSPS) is 10.4. The molecule has 0 aromatic heterocycles. The first-order chi connectivity index (χ1) is 14.0. The largest absolute Gasteiger partial charge is 0.507 e. The minimum absolute atomic E-state index is 0.00261. The quantitative estimate of drug-likeness (QED) is 0.314. The van der Waals surface area contributed by atoms with Gasteiger partial charge in [-0.25, -0.2) is 0 Å². The van der Waals surface area contributed by atoms with Gasteiger partial charge in [-0.1, -0.05) is 13.0 Å². The molecule has 0 aliphatic rings. The summed E-state index contributed by atoms with van der Waals surface area (Å²) in [5, 5.41) is 10.3. The van der Waals surface area contributed by atoms with Crippen LogP contribution in [0.4, 0.5) is 0 Å². The van der Waals surface area contributed by atoms with E-state index in [1.54, 1.807) is 31.2 Å². The lowest BCUT2D eigenvalue weighted by atomic mass is 10.0. The standard InChI is InChI=1S/C23H28O6/c1-4-8-19(25)18-11-12-22(17(3)23(18)26)28-14-6-5-13-27-20-9-7-10-21(16(20)2)29-15-24/h7,9-12,15,26H,4-6,8,13-14H2,1-3H3. The van der Waals surface area contributed by atoms with Gasteiger partial charge in [0.15, 0.2) is 5.78 Å². The Balaban J connectivity index is 1.80. The number of ether oxygens (including phenoxy) is 3. The maximum absolute atomic E-state index is 12.0. The number of ketones is 1. The summed E-state index contributed by atoms with van der Waals surface area (Å²) in [6.45, 7) is 6.88. The summed E-state index contributed by atoms with van der Waals surface area (Å²) in [4.78, 5) is 22.5. The molecule has 6 heteroatoms. The van der Waals surface area contributed by atoms with Crippen molar-refractivity contribution in [3.8, 4) is 23.0 Å². The average molecular weight is 400 g/mol. The summed E-state index contributed by atoms with van der Waals surface area (Å²) in [5.74, 6) is 1.67. The van der Waals surface area contributed by atoms with Gasteiger partial charge in [0.1, 0.15) is 23.0 Å². The van der Waals surface area contributed by atoms with Gasteiger partial charge in [-0.05, 0) is 57.4 Å². The number of hydrogen-bond acceptors (Lipinski definition) is 6. The van der Waals surface area contributed by atoms with Crippen LogP contribution in [0.2, 0.25) is 0 Å². The summed E-state index contributed by atoms with van der Waals surface area (Å²) in [6, 6.07) is 8.67. The first-order valence-electron chi connectivity index (χ1n) is 9.80. The fraction of sp³-hybridized carbons (Fsp3) is 0.391. The molecule has 2 aromatic carbocycles. The van der Waals surface area contributed by atoms with Crippen molar-refractivity contribution in [2.75, 3.05) is 13.2 Å². The lowest BCUT2D eigenvalue weighted by molar-refractivity contribution is -0.120. The molecule has 0 aliphatic carbocycles. The van der Waals surface area contributed by atoms with Crippen LogP contribution in [0, 0.1) is 13.8 Å². The third-order valence-electron chi connectivity index (χ3n) is 4.62. The summed E-state index contributed by atoms with van der Waals surface area (Å²) in [5.41, 5.74) is 1.70. The lowest BCUT2D eigenvalue weighted by Crippen LogP contribution is -2.05. The number of rotatable bonds is 12. The van der Waals surface area contributed by atoms with Crippen molar-refractivity contribution in [2.45, 2.75) is 46.5 Å². The molecule has 0 saturated heterocycles. The van der Waals surface area contributed by atoms with Gasteiger partial charge >= 0.3 is 0 Å². The number of aromatic hydroxyl groups is 1. The second-order valence-electron chi connectivity index (χ2n) is 6.76. The van der Waals surface area contributed by atoms with Gasteiger partial charge in [0.2, 0.25) is 0 Å². The summed E-state index contributed by atoms with van der Waals surface area (Å²) in [6.07, 6.45) is 2.69. The van der Waals surface area contributed by atoms with E-state index in [0.29, 0.717) is 54.5 Å². The number of carbonyl (C=O) groups is 2. The van der Waals surface area contributed by atoms with E-state index in [4.69, 9.17) is 14.2 Å². The molecule has 0 bridgehead atoms. The molecule has 0 atom stereocenters. The minimum atomic E-state index is -0.0605. The minimum Gasteiger partial charge on any atom is -0.507 e. The second kappa shape index (κ2) is 11.1. The van der Waals surface area contributed by atoms with Crippen molar-refractivity contribution >= 4 is 12.3 Å². The van der Waals surface area contributed by atoms with Crippen LogP contribution in [0.1, 0.15) is 54.1 Å². The van der Waals surface area contributed by atoms with Crippen LogP contribution in [0.15, 0.2) is 30.3 Å². The molecule has 0 aliphatic heterocycles. The fourth-order valence-corrected chi connectivity index (χ4v) is 2.92. The number of phenols is 1. The SMILES string of the molecule is CCCC(=O)c1ccc(OCCCCOc2cccc(OC=O)c2C)c(C)c1O. The van der Waals surface area contributed by atoms with Crippen LogP contribution in [0.5, 0.6) is 23.0 Å². The Morgan fingerprint density at radius 2 is 1.59 bits per heavy atom. The van der Waals surface area contributed by atoms with Gasteiger partial charge in [0.25, 0.3) is 6.47 Å². The van der Waals surface area contributed by atoms with Gasteiger partial charge in [0.05, 0.1) is 18.8 Å². The number of carbonyl (C=O) groups excluding carboxylic acids is 2.